The molecule has 1 atom stereocenters. The van der Waals surface area contributed by atoms with Crippen LogP contribution in [-0.4, -0.2) is 0 Å². The Labute approximate surface area is 100 Å². The van der Waals surface area contributed by atoms with Crippen molar-refractivity contribution in [2.24, 2.45) is 5.73 Å². The maximum absolute atomic E-state index is 6.08. The summed E-state index contributed by atoms with van der Waals surface area (Å²) in [5.74, 6) is 0. The van der Waals surface area contributed by atoms with Gasteiger partial charge in [-0.25, -0.2) is 0 Å². The summed E-state index contributed by atoms with van der Waals surface area (Å²) in [5.41, 5.74) is 8.84. The second-order valence-electron chi connectivity index (χ2n) is 3.43. The molecule has 0 unspecified atom stereocenters. The van der Waals surface area contributed by atoms with Gasteiger partial charge < -0.3 is 5.73 Å². The highest BCUT2D eigenvalue weighted by molar-refractivity contribution is 14.1. The summed E-state index contributed by atoms with van der Waals surface area (Å²) < 4.78 is 2.46. The molecule has 1 aliphatic carbocycles. The van der Waals surface area contributed by atoms with E-state index in [1.165, 1.54) is 32.0 Å². The van der Waals surface area contributed by atoms with Gasteiger partial charge >= 0.3 is 0 Å². The molecule has 2 rings (SSSR count). The van der Waals surface area contributed by atoms with Gasteiger partial charge in [-0.05, 0) is 75.0 Å². The number of hydrogen-bond donors (Lipinski definition) is 1. The van der Waals surface area contributed by atoms with Crippen LogP contribution in [0.2, 0.25) is 0 Å². The predicted molar refractivity (Wildman–Crippen MR) is 66.7 cm³/mol. The molecule has 3 heteroatoms. The van der Waals surface area contributed by atoms with Gasteiger partial charge in [0.2, 0.25) is 0 Å². The normalized spacial score (nSPS) is 21.3. The van der Waals surface area contributed by atoms with E-state index in [0.717, 1.165) is 6.42 Å². The number of benzene rings is 1. The zero-order valence-electron chi connectivity index (χ0n) is 7.19. The SMILES string of the molecule is N[C@H]1CCCc2ccc(I)c(Br)c21. The largest absolute Gasteiger partial charge is 0.324 e. The van der Waals surface area contributed by atoms with Crippen LogP contribution in [0.25, 0.3) is 0 Å². The number of nitrogens with two attached hydrogens (primary N) is 1. The lowest BCUT2D eigenvalue weighted by atomic mass is 9.88. The minimum atomic E-state index is 0.229. The molecule has 1 aliphatic rings. The van der Waals surface area contributed by atoms with Crippen LogP contribution >= 0.6 is 38.5 Å². The Hall–Kier alpha value is 0.390. The van der Waals surface area contributed by atoms with Crippen LogP contribution in [0, 0.1) is 3.57 Å². The van der Waals surface area contributed by atoms with E-state index in [0.29, 0.717) is 0 Å². The van der Waals surface area contributed by atoms with Crippen molar-refractivity contribution in [3.05, 3.63) is 31.3 Å². The zero-order valence-corrected chi connectivity index (χ0v) is 10.9. The average Bonchev–Trinajstić information content (AvgIpc) is 2.12. The molecule has 0 bridgehead atoms. The molecule has 0 aromatic heterocycles. The van der Waals surface area contributed by atoms with Crippen molar-refractivity contribution in [1.29, 1.82) is 0 Å². The van der Waals surface area contributed by atoms with Gasteiger partial charge in [-0.2, -0.15) is 0 Å². The molecule has 0 radical (unpaired) electrons. The summed E-state index contributed by atoms with van der Waals surface area (Å²) in [4.78, 5) is 0. The molecular weight excluding hydrogens is 341 g/mol. The van der Waals surface area contributed by atoms with E-state index >= 15 is 0 Å². The van der Waals surface area contributed by atoms with Crippen molar-refractivity contribution >= 4 is 38.5 Å². The number of fused-ring (bicyclic) bond motifs is 1. The monoisotopic (exact) mass is 351 g/mol. The van der Waals surface area contributed by atoms with Gasteiger partial charge in [-0.15, -0.1) is 0 Å². The summed E-state index contributed by atoms with van der Waals surface area (Å²) in [5, 5.41) is 0. The fourth-order valence-electron chi connectivity index (χ4n) is 1.88. The maximum Gasteiger partial charge on any atom is 0.0359 e. The second-order valence-corrected chi connectivity index (χ2v) is 5.39. The molecule has 0 heterocycles. The van der Waals surface area contributed by atoms with Crippen LogP contribution in [0.3, 0.4) is 0 Å². The second kappa shape index (κ2) is 3.87. The standard InChI is InChI=1S/C10H11BrIN/c11-10-7(12)5-4-6-2-1-3-8(13)9(6)10/h4-5,8H,1-3,13H2/t8-/m0/s1. The van der Waals surface area contributed by atoms with E-state index < -0.39 is 0 Å². The molecule has 0 saturated carbocycles. The Balaban J connectivity index is 2.58. The molecule has 1 nitrogen and oxygen atoms in total. The first kappa shape index (κ1) is 9.93. The van der Waals surface area contributed by atoms with Crippen LogP contribution in [-0.2, 0) is 6.42 Å². The van der Waals surface area contributed by atoms with Gasteiger partial charge in [0.15, 0.2) is 0 Å². The number of hydrogen-bond acceptors (Lipinski definition) is 1. The fourth-order valence-corrected chi connectivity index (χ4v) is 3.03. The minimum Gasteiger partial charge on any atom is -0.324 e. The summed E-state index contributed by atoms with van der Waals surface area (Å²) >= 11 is 5.96. The molecule has 2 N–H and O–H groups in total. The summed E-state index contributed by atoms with van der Waals surface area (Å²) in [7, 11) is 0. The molecule has 70 valence electrons. The number of rotatable bonds is 0. The van der Waals surface area contributed by atoms with E-state index in [9.17, 15) is 0 Å². The molecule has 0 spiro atoms. The van der Waals surface area contributed by atoms with Crippen LogP contribution in [0.4, 0.5) is 0 Å². The van der Waals surface area contributed by atoms with Crippen LogP contribution in [0.5, 0.6) is 0 Å². The van der Waals surface area contributed by atoms with E-state index in [-0.39, 0.29) is 6.04 Å². The van der Waals surface area contributed by atoms with E-state index in [2.05, 4.69) is 50.7 Å². The van der Waals surface area contributed by atoms with Gasteiger partial charge in [0, 0.05) is 14.1 Å². The van der Waals surface area contributed by atoms with Crippen molar-refractivity contribution in [2.75, 3.05) is 0 Å². The highest BCUT2D eigenvalue weighted by Gasteiger charge is 2.20. The van der Waals surface area contributed by atoms with Crippen LogP contribution < -0.4 is 5.73 Å². The van der Waals surface area contributed by atoms with Gasteiger partial charge in [-0.3, -0.25) is 0 Å². The van der Waals surface area contributed by atoms with Crippen molar-refractivity contribution in [3.63, 3.8) is 0 Å². The third-order valence-corrected chi connectivity index (χ3v) is 5.05. The van der Waals surface area contributed by atoms with Crippen molar-refractivity contribution < 1.29 is 0 Å². The van der Waals surface area contributed by atoms with E-state index in [1.54, 1.807) is 0 Å². The van der Waals surface area contributed by atoms with Crippen LogP contribution in [0.1, 0.15) is 30.0 Å². The Morgan fingerprint density at radius 2 is 2.23 bits per heavy atom. The third kappa shape index (κ3) is 1.78. The molecule has 0 fully saturated rings. The topological polar surface area (TPSA) is 26.0 Å². The first-order chi connectivity index (χ1) is 6.20. The Morgan fingerprint density at radius 1 is 1.46 bits per heavy atom. The Morgan fingerprint density at radius 3 is 3.00 bits per heavy atom. The number of aryl methyl sites for hydroxylation is 1. The molecule has 0 saturated heterocycles. The first-order valence-corrected chi connectivity index (χ1v) is 6.29. The maximum atomic E-state index is 6.08. The van der Waals surface area contributed by atoms with E-state index in [4.69, 9.17) is 5.73 Å². The van der Waals surface area contributed by atoms with Crippen molar-refractivity contribution in [1.82, 2.24) is 0 Å². The predicted octanol–water partition coefficient (Wildman–Crippen LogP) is 3.39. The lowest BCUT2D eigenvalue weighted by Gasteiger charge is -2.24. The lowest BCUT2D eigenvalue weighted by Crippen LogP contribution is -2.18. The molecule has 0 aliphatic heterocycles. The van der Waals surface area contributed by atoms with Gasteiger partial charge in [0.1, 0.15) is 0 Å². The lowest BCUT2D eigenvalue weighted by molar-refractivity contribution is 0.567. The van der Waals surface area contributed by atoms with E-state index in [1.807, 2.05) is 0 Å². The quantitative estimate of drug-likeness (QED) is 0.712. The highest BCUT2D eigenvalue weighted by atomic mass is 127. The Kier molecular flexibility index (Phi) is 2.95. The Bertz CT molecular complexity index is 338. The fraction of sp³-hybridized carbons (Fsp3) is 0.400. The summed E-state index contributed by atoms with van der Waals surface area (Å²) in [6.07, 6.45) is 3.52. The van der Waals surface area contributed by atoms with Gasteiger partial charge in [0.25, 0.3) is 0 Å². The zero-order chi connectivity index (χ0) is 9.42. The first-order valence-electron chi connectivity index (χ1n) is 4.42. The number of halogens is 2. The third-order valence-electron chi connectivity index (χ3n) is 2.55. The molecular formula is C10H11BrIN. The minimum absolute atomic E-state index is 0.229. The average molecular weight is 352 g/mol. The van der Waals surface area contributed by atoms with Gasteiger partial charge in [0.05, 0.1) is 0 Å². The van der Waals surface area contributed by atoms with Crippen molar-refractivity contribution in [2.45, 2.75) is 25.3 Å². The molecule has 1 aromatic rings. The summed E-state index contributed by atoms with van der Waals surface area (Å²) in [6.45, 7) is 0. The molecule has 13 heavy (non-hydrogen) atoms. The van der Waals surface area contributed by atoms with Crippen molar-refractivity contribution in [3.8, 4) is 0 Å². The highest BCUT2D eigenvalue weighted by Crippen LogP contribution is 2.36. The molecule has 0 amide bonds. The van der Waals surface area contributed by atoms with Gasteiger partial charge in [-0.1, -0.05) is 6.07 Å². The molecule has 1 aromatic carbocycles. The summed E-state index contributed by atoms with van der Waals surface area (Å²) in [6, 6.07) is 4.59. The van der Waals surface area contributed by atoms with Crippen LogP contribution in [0.15, 0.2) is 16.6 Å². The smallest absolute Gasteiger partial charge is 0.0359 e.